The van der Waals surface area contributed by atoms with Gasteiger partial charge in [-0.05, 0) is 66.7 Å². The summed E-state index contributed by atoms with van der Waals surface area (Å²) in [4.78, 5) is 0. The van der Waals surface area contributed by atoms with Crippen molar-refractivity contribution in [2.24, 2.45) is 0 Å². The van der Waals surface area contributed by atoms with Crippen molar-refractivity contribution in [3.63, 3.8) is 0 Å². The van der Waals surface area contributed by atoms with Crippen LogP contribution in [0.1, 0.15) is 27.4 Å². The second kappa shape index (κ2) is 10.4. The van der Waals surface area contributed by atoms with Gasteiger partial charge in [-0.15, -0.1) is 0 Å². The smallest absolute Gasteiger partial charge is 0.143 e. The Hall–Kier alpha value is -5.92. The SMILES string of the molecule is [2H]c1c([2H])c([2H])c(-c2c3c([2H])c([2H])c([2H])c([2H])c3c(-c3c(-c4c([2H])c([2H])c([2H])c5c([2H])c([2H])c([2H])c([2H])c45)oc4cc(-c5ccccc5)ccc34)c3c([2H])c([2H])c([2H])c([2H])c23)c([2H])c1[2H]. The molecule has 8 aromatic carbocycles. The summed E-state index contributed by atoms with van der Waals surface area (Å²) in [6, 6.07) is -2.02. The van der Waals surface area contributed by atoms with Crippen molar-refractivity contribution in [2.75, 3.05) is 0 Å². The summed E-state index contributed by atoms with van der Waals surface area (Å²) in [5.74, 6) is -0.434. The van der Waals surface area contributed by atoms with Gasteiger partial charge in [-0.25, -0.2) is 0 Å². The van der Waals surface area contributed by atoms with Crippen molar-refractivity contribution in [1.29, 1.82) is 0 Å². The van der Waals surface area contributed by atoms with E-state index >= 15 is 0 Å². The fourth-order valence-corrected chi connectivity index (χ4v) is 5.81. The molecule has 0 atom stereocenters. The van der Waals surface area contributed by atoms with Crippen molar-refractivity contribution < 1.29 is 31.8 Å². The minimum absolute atomic E-state index is 0.0175. The van der Waals surface area contributed by atoms with E-state index in [1.165, 1.54) is 0 Å². The second-order valence-corrected chi connectivity index (χ2v) is 10.1. The molecule has 0 bridgehead atoms. The van der Waals surface area contributed by atoms with Crippen LogP contribution in [0.15, 0.2) is 174 Å². The molecule has 0 aliphatic carbocycles. The molecule has 0 N–H and O–H groups in total. The van der Waals surface area contributed by atoms with Crippen molar-refractivity contribution in [2.45, 2.75) is 0 Å². The first-order valence-electron chi connectivity index (χ1n) is 23.8. The van der Waals surface area contributed by atoms with E-state index in [2.05, 4.69) is 0 Å². The van der Waals surface area contributed by atoms with Gasteiger partial charge in [-0.1, -0.05) is 157 Å². The Bertz CT molecular complexity index is 3540. The summed E-state index contributed by atoms with van der Waals surface area (Å²) in [6.45, 7) is 0. The van der Waals surface area contributed by atoms with E-state index in [9.17, 15) is 6.85 Å². The van der Waals surface area contributed by atoms with Crippen LogP contribution >= 0.6 is 0 Å². The summed E-state index contributed by atoms with van der Waals surface area (Å²) in [7, 11) is 0. The predicted octanol–water partition coefficient (Wildman–Crippen LogP) is 12.6. The molecule has 0 aliphatic rings. The number of hydrogen-bond acceptors (Lipinski definition) is 1. The van der Waals surface area contributed by atoms with Gasteiger partial charge in [0.1, 0.15) is 11.3 Å². The molecule has 0 radical (unpaired) electrons. The lowest BCUT2D eigenvalue weighted by Crippen LogP contribution is -1.91. The fraction of sp³-hybridized carbons (Fsp3) is 0. The summed E-state index contributed by atoms with van der Waals surface area (Å²) < 4.78 is 186. The molecule has 0 saturated carbocycles. The zero-order valence-corrected chi connectivity index (χ0v) is 23.0. The molecule has 1 heteroatoms. The Morgan fingerprint density at radius 1 is 0.400 bits per heavy atom. The first-order valence-corrected chi connectivity index (χ1v) is 13.8. The molecular formula is C44H28O. The number of benzene rings is 8. The van der Waals surface area contributed by atoms with Crippen LogP contribution in [0.5, 0.6) is 0 Å². The molecule has 0 saturated heterocycles. The molecule has 0 amide bonds. The zero-order valence-electron chi connectivity index (χ0n) is 43.0. The van der Waals surface area contributed by atoms with Gasteiger partial charge in [-0.3, -0.25) is 0 Å². The Labute approximate surface area is 289 Å². The molecule has 45 heavy (non-hydrogen) atoms. The van der Waals surface area contributed by atoms with Crippen LogP contribution in [-0.4, -0.2) is 0 Å². The van der Waals surface area contributed by atoms with Gasteiger partial charge >= 0.3 is 0 Å². The Morgan fingerprint density at radius 2 is 1.00 bits per heavy atom. The normalized spacial score (nSPS) is 17.8. The van der Waals surface area contributed by atoms with E-state index in [1.807, 2.05) is 12.1 Å². The van der Waals surface area contributed by atoms with Crippen LogP contribution in [0.3, 0.4) is 0 Å². The zero-order chi connectivity index (χ0) is 47.1. The van der Waals surface area contributed by atoms with Gasteiger partial charge in [0.05, 0.1) is 27.4 Å². The highest BCUT2D eigenvalue weighted by Crippen LogP contribution is 2.50. The lowest BCUT2D eigenvalue weighted by Gasteiger charge is -2.18. The third kappa shape index (κ3) is 4.09. The molecule has 210 valence electrons. The standard InChI is InChI=1S/C44H28O/c1-3-14-29(15-4-1)32-26-27-39-40(28-32)45-44(38-25-13-19-30-16-7-8-20-33(30)38)43(39)42-36-23-11-9-21-34(36)41(31-17-5-2-6-18-31)35-22-10-12-24-37(35)42/h1-28H/i2D,5D,6D,7D,8D,9D,10D,11D,12D,13D,16D,17D,18D,19D,20D,21D,22D,23D,24D,25D. The van der Waals surface area contributed by atoms with Crippen LogP contribution in [0.2, 0.25) is 0 Å². The Balaban J connectivity index is 1.65. The number of furan rings is 1. The number of hydrogen-bond donors (Lipinski definition) is 0. The monoisotopic (exact) mass is 592 g/mol. The van der Waals surface area contributed by atoms with Gasteiger partial charge in [0.25, 0.3) is 0 Å². The highest BCUT2D eigenvalue weighted by Gasteiger charge is 2.25. The molecule has 9 aromatic rings. The average Bonchev–Trinajstić information content (AvgIpc) is 3.67. The van der Waals surface area contributed by atoms with Crippen LogP contribution in [0.25, 0.3) is 88.0 Å². The molecule has 0 aliphatic heterocycles. The Kier molecular flexibility index (Phi) is 2.90. The Morgan fingerprint density at radius 3 is 1.71 bits per heavy atom. The third-order valence-electron chi connectivity index (χ3n) is 7.71. The molecule has 0 unspecified atom stereocenters. The van der Waals surface area contributed by atoms with Crippen LogP contribution < -0.4 is 0 Å². The maximum atomic E-state index is 9.53. The van der Waals surface area contributed by atoms with Gasteiger partial charge in [0.2, 0.25) is 0 Å². The third-order valence-corrected chi connectivity index (χ3v) is 7.71. The highest BCUT2D eigenvalue weighted by molar-refractivity contribution is 6.25. The van der Waals surface area contributed by atoms with Crippen molar-refractivity contribution >= 4 is 43.3 Å². The first-order chi connectivity index (χ1) is 30.6. The van der Waals surface area contributed by atoms with Gasteiger partial charge < -0.3 is 4.42 Å². The number of rotatable bonds is 4. The molecule has 0 fully saturated rings. The van der Waals surface area contributed by atoms with E-state index in [1.54, 1.807) is 36.4 Å². The predicted molar refractivity (Wildman–Crippen MR) is 190 cm³/mol. The summed E-state index contributed by atoms with van der Waals surface area (Å²) >= 11 is 0. The van der Waals surface area contributed by atoms with Crippen LogP contribution in [-0.2, 0) is 0 Å². The lowest BCUT2D eigenvalue weighted by molar-refractivity contribution is 0.633. The van der Waals surface area contributed by atoms with E-state index < -0.39 is 176 Å². The molecule has 1 heterocycles. The molecule has 0 spiro atoms. The highest BCUT2D eigenvalue weighted by atomic mass is 16.3. The van der Waals surface area contributed by atoms with Gasteiger partial charge in [0.15, 0.2) is 0 Å². The summed E-state index contributed by atoms with van der Waals surface area (Å²) in [5, 5.41) is -2.71. The van der Waals surface area contributed by atoms with Crippen LogP contribution in [0, 0.1) is 0 Å². The molecular weight excluding hydrogens is 544 g/mol. The summed E-state index contributed by atoms with van der Waals surface area (Å²) in [6.07, 6.45) is 0. The molecule has 9 rings (SSSR count). The van der Waals surface area contributed by atoms with E-state index in [-0.39, 0.29) is 22.1 Å². The largest absolute Gasteiger partial charge is 0.455 e. The fourth-order valence-electron chi connectivity index (χ4n) is 5.81. The van der Waals surface area contributed by atoms with Gasteiger partial charge in [0, 0.05) is 22.1 Å². The maximum Gasteiger partial charge on any atom is 0.143 e. The van der Waals surface area contributed by atoms with E-state index in [4.69, 9.17) is 25.0 Å². The lowest BCUT2D eigenvalue weighted by atomic mass is 9.84. The van der Waals surface area contributed by atoms with Crippen molar-refractivity contribution in [1.82, 2.24) is 0 Å². The minimum atomic E-state index is -0.841. The van der Waals surface area contributed by atoms with Gasteiger partial charge in [-0.2, -0.15) is 0 Å². The minimum Gasteiger partial charge on any atom is -0.455 e. The van der Waals surface area contributed by atoms with E-state index in [0.717, 1.165) is 0 Å². The van der Waals surface area contributed by atoms with Crippen molar-refractivity contribution in [3.8, 4) is 44.7 Å². The summed E-state index contributed by atoms with van der Waals surface area (Å²) in [5.41, 5.74) is -0.856. The molecule has 1 aromatic heterocycles. The number of fused-ring (bicyclic) bond motifs is 4. The molecule has 1 nitrogen and oxygen atoms in total. The van der Waals surface area contributed by atoms with E-state index in [0.29, 0.717) is 11.1 Å². The van der Waals surface area contributed by atoms with Crippen LogP contribution in [0.4, 0.5) is 0 Å². The quantitative estimate of drug-likeness (QED) is 0.185. The van der Waals surface area contributed by atoms with Crippen molar-refractivity contribution in [3.05, 3.63) is 169 Å². The second-order valence-electron chi connectivity index (χ2n) is 10.1. The first kappa shape index (κ1) is 12.6. The average molecular weight is 593 g/mol. The maximum absolute atomic E-state index is 9.53. The topological polar surface area (TPSA) is 13.1 Å².